The highest BCUT2D eigenvalue weighted by atomic mass is 16.3. The fourth-order valence-corrected chi connectivity index (χ4v) is 3.48. The summed E-state index contributed by atoms with van der Waals surface area (Å²) in [6.45, 7) is 3.09. The third-order valence-corrected chi connectivity index (χ3v) is 5.03. The lowest BCUT2D eigenvalue weighted by Crippen LogP contribution is -2.58. The van der Waals surface area contributed by atoms with E-state index in [1.54, 1.807) is 36.1 Å². The second-order valence-electron chi connectivity index (χ2n) is 7.61. The van der Waals surface area contributed by atoms with Crippen molar-refractivity contribution >= 4 is 11.8 Å². The van der Waals surface area contributed by atoms with Gasteiger partial charge in [-0.25, -0.2) is 0 Å². The van der Waals surface area contributed by atoms with Crippen LogP contribution in [0.25, 0.3) is 0 Å². The van der Waals surface area contributed by atoms with Crippen molar-refractivity contribution in [2.75, 3.05) is 19.6 Å². The molecule has 0 bridgehead atoms. The predicted octanol–water partition coefficient (Wildman–Crippen LogP) is -0.146. The fourth-order valence-electron chi connectivity index (χ4n) is 3.48. The van der Waals surface area contributed by atoms with Crippen molar-refractivity contribution in [1.29, 1.82) is 0 Å². The largest absolute Gasteiger partial charge is 0.389 e. The normalized spacial score (nSPS) is 21.8. The number of hydrogen-bond acceptors (Lipinski definition) is 6. The number of piperidine rings is 1. The van der Waals surface area contributed by atoms with Gasteiger partial charge in [0.1, 0.15) is 6.04 Å². The Bertz CT molecular complexity index is 640. The Labute approximate surface area is 166 Å². The van der Waals surface area contributed by atoms with Crippen LogP contribution in [0.1, 0.15) is 54.6 Å². The van der Waals surface area contributed by atoms with Crippen molar-refractivity contribution in [3.63, 3.8) is 0 Å². The van der Waals surface area contributed by atoms with Crippen LogP contribution in [-0.4, -0.2) is 59.6 Å². The van der Waals surface area contributed by atoms with Gasteiger partial charge in [-0.3, -0.25) is 9.59 Å². The third kappa shape index (κ3) is 6.27. The zero-order valence-electron chi connectivity index (χ0n) is 16.5. The maximum absolute atomic E-state index is 13.0. The van der Waals surface area contributed by atoms with Crippen molar-refractivity contribution < 1.29 is 14.7 Å². The van der Waals surface area contributed by atoms with Gasteiger partial charge in [-0.2, -0.15) is 0 Å². The molecule has 0 saturated carbocycles. The first-order valence-electron chi connectivity index (χ1n) is 9.90. The van der Waals surface area contributed by atoms with E-state index in [0.717, 1.165) is 18.4 Å². The van der Waals surface area contributed by atoms with Crippen LogP contribution in [0, 0.1) is 0 Å². The van der Waals surface area contributed by atoms with Gasteiger partial charge in [-0.15, -0.1) is 0 Å². The number of amides is 2. The van der Waals surface area contributed by atoms with Gasteiger partial charge in [0.15, 0.2) is 0 Å². The number of likely N-dealkylation sites (tertiary alicyclic amines) is 1. The maximum Gasteiger partial charge on any atom is 0.251 e. The summed E-state index contributed by atoms with van der Waals surface area (Å²) >= 11 is 0. The molecule has 0 aliphatic carbocycles. The molecule has 1 saturated heterocycles. The minimum absolute atomic E-state index is 0.152. The Balaban J connectivity index is 2.08. The topological polar surface area (TPSA) is 148 Å². The summed E-state index contributed by atoms with van der Waals surface area (Å²) in [7, 11) is 0. The van der Waals surface area contributed by atoms with Gasteiger partial charge in [0, 0.05) is 30.7 Å². The summed E-state index contributed by atoms with van der Waals surface area (Å²) < 4.78 is 0. The Morgan fingerprint density at radius 3 is 2.32 bits per heavy atom. The number of nitrogens with two attached hydrogens (primary N) is 3. The average Bonchev–Trinajstić information content (AvgIpc) is 2.66. The van der Waals surface area contributed by atoms with Crippen molar-refractivity contribution in [2.45, 2.75) is 56.8 Å². The molecular weight excluding hydrogens is 358 g/mol. The van der Waals surface area contributed by atoms with Crippen LogP contribution in [0.15, 0.2) is 24.3 Å². The second-order valence-corrected chi connectivity index (χ2v) is 7.61. The zero-order valence-corrected chi connectivity index (χ0v) is 16.5. The zero-order chi connectivity index (χ0) is 20.7. The van der Waals surface area contributed by atoms with E-state index in [4.69, 9.17) is 17.2 Å². The van der Waals surface area contributed by atoms with Crippen molar-refractivity contribution in [1.82, 2.24) is 10.2 Å². The van der Waals surface area contributed by atoms with Gasteiger partial charge < -0.3 is 32.5 Å². The Morgan fingerprint density at radius 1 is 1.18 bits per heavy atom. The van der Waals surface area contributed by atoms with E-state index < -0.39 is 12.1 Å². The molecule has 0 radical (unpaired) electrons. The molecule has 8 heteroatoms. The standard InChI is InChI=1S/C20H33N5O3/c1-13(26)14-5-7-15(8-6-14)19(27)24-18(4-2-3-9-21)20(28)25-11-16(22)10-17(23)12-25/h5-8,13,16-18,26H,2-4,9-12,21-23H2,1H3,(H,24,27). The minimum Gasteiger partial charge on any atom is -0.389 e. The summed E-state index contributed by atoms with van der Waals surface area (Å²) in [5.41, 5.74) is 18.7. The highest BCUT2D eigenvalue weighted by Gasteiger charge is 2.31. The maximum atomic E-state index is 13.0. The first kappa shape index (κ1) is 22.3. The van der Waals surface area contributed by atoms with Crippen LogP contribution in [0.4, 0.5) is 0 Å². The van der Waals surface area contributed by atoms with Crippen LogP contribution >= 0.6 is 0 Å². The molecule has 8 N–H and O–H groups in total. The number of hydrogen-bond donors (Lipinski definition) is 5. The molecular formula is C20H33N5O3. The third-order valence-electron chi connectivity index (χ3n) is 5.03. The number of nitrogens with zero attached hydrogens (tertiary/aromatic N) is 1. The number of rotatable bonds is 8. The minimum atomic E-state index is -0.645. The average molecular weight is 392 g/mol. The molecule has 4 atom stereocenters. The van der Waals surface area contributed by atoms with E-state index in [1.807, 2.05) is 0 Å². The van der Waals surface area contributed by atoms with Crippen molar-refractivity contribution in [2.24, 2.45) is 17.2 Å². The van der Waals surface area contributed by atoms with Crippen LogP contribution < -0.4 is 22.5 Å². The number of unbranched alkanes of at least 4 members (excludes halogenated alkanes) is 1. The van der Waals surface area contributed by atoms with E-state index in [1.165, 1.54) is 0 Å². The lowest BCUT2D eigenvalue weighted by Gasteiger charge is -2.36. The molecule has 1 aliphatic rings. The Kier molecular flexibility index (Phi) is 8.37. The number of benzene rings is 1. The molecule has 156 valence electrons. The number of aliphatic hydroxyl groups is 1. The van der Waals surface area contributed by atoms with Crippen LogP contribution in [0.3, 0.4) is 0 Å². The molecule has 1 fully saturated rings. The molecule has 4 unspecified atom stereocenters. The van der Waals surface area contributed by atoms with Gasteiger partial charge in [-0.1, -0.05) is 12.1 Å². The summed E-state index contributed by atoms with van der Waals surface area (Å²) in [5, 5.41) is 12.5. The molecule has 1 aromatic rings. The van der Waals surface area contributed by atoms with Crippen molar-refractivity contribution in [3.05, 3.63) is 35.4 Å². The van der Waals surface area contributed by atoms with Gasteiger partial charge in [0.05, 0.1) is 6.10 Å². The molecule has 2 rings (SSSR count). The Morgan fingerprint density at radius 2 is 1.79 bits per heavy atom. The molecule has 28 heavy (non-hydrogen) atoms. The SMILES string of the molecule is CC(O)c1ccc(C(=O)NC(CCCCN)C(=O)N2CC(N)CC(N)C2)cc1. The van der Waals surface area contributed by atoms with Crippen molar-refractivity contribution in [3.8, 4) is 0 Å². The van der Waals surface area contributed by atoms with E-state index in [-0.39, 0.29) is 23.9 Å². The number of carbonyl (C=O) groups is 2. The summed E-state index contributed by atoms with van der Waals surface area (Å²) in [5.74, 6) is -0.481. The second kappa shape index (κ2) is 10.5. The number of nitrogens with one attached hydrogen (secondary N) is 1. The molecule has 1 aromatic carbocycles. The summed E-state index contributed by atoms with van der Waals surface area (Å²) in [4.78, 5) is 27.4. The van der Waals surface area contributed by atoms with E-state index in [2.05, 4.69) is 5.32 Å². The lowest BCUT2D eigenvalue weighted by molar-refractivity contribution is -0.135. The van der Waals surface area contributed by atoms with Gasteiger partial charge in [0.2, 0.25) is 5.91 Å². The van der Waals surface area contributed by atoms with E-state index in [0.29, 0.717) is 38.0 Å². The molecule has 0 spiro atoms. The molecule has 8 nitrogen and oxygen atoms in total. The molecule has 2 amide bonds. The Hall–Kier alpha value is -2.00. The first-order valence-corrected chi connectivity index (χ1v) is 9.90. The summed E-state index contributed by atoms with van der Waals surface area (Å²) in [6, 6.07) is 5.74. The van der Waals surface area contributed by atoms with Crippen LogP contribution in [-0.2, 0) is 4.79 Å². The monoisotopic (exact) mass is 391 g/mol. The van der Waals surface area contributed by atoms with E-state index >= 15 is 0 Å². The molecule has 1 heterocycles. The summed E-state index contributed by atoms with van der Waals surface area (Å²) in [6.07, 6.45) is 2.11. The number of aliphatic hydroxyl groups excluding tert-OH is 1. The lowest BCUT2D eigenvalue weighted by atomic mass is 10.00. The van der Waals surface area contributed by atoms with Crippen LogP contribution in [0.2, 0.25) is 0 Å². The number of carbonyl (C=O) groups excluding carboxylic acids is 2. The highest BCUT2D eigenvalue weighted by molar-refractivity contribution is 5.97. The van der Waals surface area contributed by atoms with E-state index in [9.17, 15) is 14.7 Å². The quantitative estimate of drug-likeness (QED) is 0.389. The molecule has 1 aliphatic heterocycles. The molecule has 0 aromatic heterocycles. The van der Waals surface area contributed by atoms with Crippen LogP contribution in [0.5, 0.6) is 0 Å². The smallest absolute Gasteiger partial charge is 0.251 e. The predicted molar refractivity (Wildman–Crippen MR) is 108 cm³/mol. The fraction of sp³-hybridized carbons (Fsp3) is 0.600. The van der Waals surface area contributed by atoms with Gasteiger partial charge in [-0.05, 0) is 56.8 Å². The van der Waals surface area contributed by atoms with Gasteiger partial charge in [0.25, 0.3) is 5.91 Å². The van der Waals surface area contributed by atoms with Gasteiger partial charge >= 0.3 is 0 Å². The highest BCUT2D eigenvalue weighted by Crippen LogP contribution is 2.15. The first-order chi connectivity index (χ1) is 13.3.